The van der Waals surface area contributed by atoms with Crippen LogP contribution in [0.5, 0.6) is 0 Å². The lowest BCUT2D eigenvalue weighted by Gasteiger charge is -2.31. The standard InChI is InChI=1S/C16H19FN2O3/c17-9-5-6-10-11(8-15(21)18-13(10)7-9)16(22)19-12-3-1-2-4-14(12)20/h5-7,11-12,14,20H,1-4,8H2,(H,18,21)(H,19,22). The summed E-state index contributed by atoms with van der Waals surface area (Å²) < 4.78 is 13.3. The van der Waals surface area contributed by atoms with Crippen LogP contribution < -0.4 is 10.6 Å². The van der Waals surface area contributed by atoms with Crippen LogP contribution in [0.1, 0.15) is 43.6 Å². The molecule has 0 bridgehead atoms. The Morgan fingerprint density at radius 3 is 2.86 bits per heavy atom. The molecule has 5 nitrogen and oxygen atoms in total. The van der Waals surface area contributed by atoms with Crippen LogP contribution in [-0.4, -0.2) is 29.1 Å². The van der Waals surface area contributed by atoms with E-state index >= 15 is 0 Å². The van der Waals surface area contributed by atoms with Crippen molar-refractivity contribution in [2.24, 2.45) is 0 Å². The van der Waals surface area contributed by atoms with Crippen LogP contribution in [0.4, 0.5) is 10.1 Å². The van der Waals surface area contributed by atoms with Gasteiger partial charge in [-0.3, -0.25) is 9.59 Å². The van der Waals surface area contributed by atoms with Crippen molar-refractivity contribution in [3.8, 4) is 0 Å². The van der Waals surface area contributed by atoms with E-state index in [9.17, 15) is 19.1 Å². The van der Waals surface area contributed by atoms with E-state index in [1.54, 1.807) is 0 Å². The number of halogens is 1. The van der Waals surface area contributed by atoms with Gasteiger partial charge < -0.3 is 15.7 Å². The molecule has 118 valence electrons. The fourth-order valence-electron chi connectivity index (χ4n) is 3.23. The lowest BCUT2D eigenvalue weighted by Crippen LogP contribution is -2.47. The zero-order chi connectivity index (χ0) is 15.7. The first kappa shape index (κ1) is 15.0. The number of amides is 2. The van der Waals surface area contributed by atoms with E-state index in [-0.39, 0.29) is 24.3 Å². The van der Waals surface area contributed by atoms with Gasteiger partial charge >= 0.3 is 0 Å². The molecule has 1 heterocycles. The van der Waals surface area contributed by atoms with Crippen LogP contribution in [-0.2, 0) is 9.59 Å². The molecule has 1 aromatic carbocycles. The summed E-state index contributed by atoms with van der Waals surface area (Å²) in [5.41, 5.74) is 0.962. The molecule has 1 fully saturated rings. The highest BCUT2D eigenvalue weighted by molar-refractivity contribution is 6.01. The second-order valence-corrected chi connectivity index (χ2v) is 6.00. The molecule has 1 aromatic rings. The van der Waals surface area contributed by atoms with E-state index in [1.165, 1.54) is 18.2 Å². The molecule has 6 heteroatoms. The summed E-state index contributed by atoms with van der Waals surface area (Å²) in [5, 5.41) is 15.4. The fraction of sp³-hybridized carbons (Fsp3) is 0.500. The van der Waals surface area contributed by atoms with Crippen molar-refractivity contribution in [2.75, 3.05) is 5.32 Å². The molecule has 0 aromatic heterocycles. The number of carbonyl (C=O) groups is 2. The second kappa shape index (κ2) is 6.04. The maximum absolute atomic E-state index is 13.3. The highest BCUT2D eigenvalue weighted by Gasteiger charge is 2.33. The van der Waals surface area contributed by atoms with Crippen molar-refractivity contribution >= 4 is 17.5 Å². The van der Waals surface area contributed by atoms with Gasteiger partial charge in [-0.1, -0.05) is 18.9 Å². The van der Waals surface area contributed by atoms with Crippen LogP contribution in [0.2, 0.25) is 0 Å². The highest BCUT2D eigenvalue weighted by atomic mass is 19.1. The second-order valence-electron chi connectivity index (χ2n) is 6.00. The van der Waals surface area contributed by atoms with Gasteiger partial charge in [0.2, 0.25) is 11.8 Å². The number of anilines is 1. The van der Waals surface area contributed by atoms with Crippen molar-refractivity contribution in [3.63, 3.8) is 0 Å². The first-order chi connectivity index (χ1) is 10.5. The molecule has 3 unspecified atom stereocenters. The Morgan fingerprint density at radius 1 is 1.32 bits per heavy atom. The average Bonchev–Trinajstić information content (AvgIpc) is 2.48. The summed E-state index contributed by atoms with van der Waals surface area (Å²) >= 11 is 0. The van der Waals surface area contributed by atoms with Gasteiger partial charge in [0, 0.05) is 12.1 Å². The summed E-state index contributed by atoms with van der Waals surface area (Å²) in [5.74, 6) is -1.68. The predicted molar refractivity (Wildman–Crippen MR) is 78.8 cm³/mol. The van der Waals surface area contributed by atoms with Gasteiger partial charge in [0.05, 0.1) is 18.1 Å². The number of hydrogen-bond acceptors (Lipinski definition) is 3. The highest BCUT2D eigenvalue weighted by Crippen LogP contribution is 2.33. The number of fused-ring (bicyclic) bond motifs is 1. The Hall–Kier alpha value is -1.95. The number of aliphatic hydroxyl groups excluding tert-OH is 1. The molecule has 3 atom stereocenters. The predicted octanol–water partition coefficient (Wildman–Crippen LogP) is 1.67. The minimum absolute atomic E-state index is 0.0350. The van der Waals surface area contributed by atoms with Crippen LogP contribution in [0.25, 0.3) is 0 Å². The topological polar surface area (TPSA) is 78.4 Å². The Balaban J connectivity index is 1.79. The molecule has 3 N–H and O–H groups in total. The first-order valence-electron chi connectivity index (χ1n) is 7.62. The summed E-state index contributed by atoms with van der Waals surface area (Å²) in [6.07, 6.45) is 2.84. The van der Waals surface area contributed by atoms with Crippen molar-refractivity contribution in [3.05, 3.63) is 29.6 Å². The van der Waals surface area contributed by atoms with Gasteiger partial charge in [-0.15, -0.1) is 0 Å². The van der Waals surface area contributed by atoms with Gasteiger partial charge in [0.15, 0.2) is 0 Å². The van der Waals surface area contributed by atoms with Gasteiger partial charge in [-0.05, 0) is 30.5 Å². The number of carbonyl (C=O) groups excluding carboxylic acids is 2. The zero-order valence-electron chi connectivity index (χ0n) is 12.1. The molecule has 2 aliphatic rings. The summed E-state index contributed by atoms with van der Waals surface area (Å²) in [6.45, 7) is 0. The van der Waals surface area contributed by atoms with Crippen molar-refractivity contribution < 1.29 is 19.1 Å². The molecule has 0 saturated heterocycles. The smallest absolute Gasteiger partial charge is 0.228 e. The first-order valence-corrected chi connectivity index (χ1v) is 7.62. The number of nitrogens with one attached hydrogen (secondary N) is 2. The Labute approximate surface area is 127 Å². The summed E-state index contributed by atoms with van der Waals surface area (Å²) in [7, 11) is 0. The SMILES string of the molecule is O=C1CC(C(=O)NC2CCCCC2O)c2ccc(F)cc2N1. The molecule has 0 radical (unpaired) electrons. The quantitative estimate of drug-likeness (QED) is 0.778. The lowest BCUT2D eigenvalue weighted by molar-refractivity contribution is -0.127. The van der Waals surface area contributed by atoms with E-state index in [2.05, 4.69) is 10.6 Å². The van der Waals surface area contributed by atoms with Gasteiger partial charge in [-0.25, -0.2) is 4.39 Å². The summed E-state index contributed by atoms with van der Waals surface area (Å²) in [6, 6.07) is 3.77. The molecule has 0 spiro atoms. The van der Waals surface area contributed by atoms with Crippen molar-refractivity contribution in [2.45, 2.75) is 50.2 Å². The van der Waals surface area contributed by atoms with Crippen molar-refractivity contribution in [1.29, 1.82) is 0 Å². The molecular weight excluding hydrogens is 287 g/mol. The fourth-order valence-corrected chi connectivity index (χ4v) is 3.23. The Morgan fingerprint density at radius 2 is 2.09 bits per heavy atom. The van der Waals surface area contributed by atoms with E-state index in [0.29, 0.717) is 17.7 Å². The molecule has 1 aliphatic carbocycles. The van der Waals surface area contributed by atoms with Crippen LogP contribution in [0, 0.1) is 5.82 Å². The van der Waals surface area contributed by atoms with Crippen molar-refractivity contribution in [1.82, 2.24) is 5.32 Å². The Bertz CT molecular complexity index is 605. The maximum atomic E-state index is 13.3. The molecule has 1 aliphatic heterocycles. The molecule has 1 saturated carbocycles. The van der Waals surface area contributed by atoms with Gasteiger partial charge in [0.1, 0.15) is 5.82 Å². The minimum atomic E-state index is -0.640. The number of hydrogen-bond donors (Lipinski definition) is 3. The molecule has 22 heavy (non-hydrogen) atoms. The maximum Gasteiger partial charge on any atom is 0.228 e. The Kier molecular flexibility index (Phi) is 4.11. The van der Waals surface area contributed by atoms with E-state index < -0.39 is 17.8 Å². The monoisotopic (exact) mass is 306 g/mol. The largest absolute Gasteiger partial charge is 0.391 e. The molecular formula is C16H19FN2O3. The number of aliphatic hydroxyl groups is 1. The summed E-state index contributed by atoms with van der Waals surface area (Å²) in [4.78, 5) is 24.3. The van der Waals surface area contributed by atoms with Gasteiger partial charge in [-0.2, -0.15) is 0 Å². The third-order valence-corrected chi connectivity index (χ3v) is 4.43. The van der Waals surface area contributed by atoms with E-state index in [4.69, 9.17) is 0 Å². The molecule has 2 amide bonds. The van der Waals surface area contributed by atoms with E-state index in [0.717, 1.165) is 19.3 Å². The van der Waals surface area contributed by atoms with Crippen LogP contribution in [0.3, 0.4) is 0 Å². The van der Waals surface area contributed by atoms with Crippen LogP contribution in [0.15, 0.2) is 18.2 Å². The number of rotatable bonds is 2. The van der Waals surface area contributed by atoms with Crippen LogP contribution >= 0.6 is 0 Å². The normalized spacial score (nSPS) is 27.7. The number of benzene rings is 1. The molecule has 3 rings (SSSR count). The minimum Gasteiger partial charge on any atom is -0.391 e. The zero-order valence-corrected chi connectivity index (χ0v) is 12.1. The lowest BCUT2D eigenvalue weighted by atomic mass is 9.88. The third kappa shape index (κ3) is 2.97. The van der Waals surface area contributed by atoms with Gasteiger partial charge in [0.25, 0.3) is 0 Å². The third-order valence-electron chi connectivity index (χ3n) is 4.43. The van der Waals surface area contributed by atoms with E-state index in [1.807, 2.05) is 0 Å². The average molecular weight is 306 g/mol.